The Bertz CT molecular complexity index is 1310. The minimum atomic E-state index is -3.82. The number of aromatic amines is 1. The van der Waals surface area contributed by atoms with Crippen LogP contribution in [-0.4, -0.2) is 66.4 Å². The monoisotopic (exact) mass is 523 g/mol. The Balaban J connectivity index is 1.74. The first kappa shape index (κ1) is 27.6. The molecule has 1 aliphatic heterocycles. The maximum Gasteiger partial charge on any atom is 0.328 e. The number of rotatable bonds is 12. The Morgan fingerprint density at radius 2 is 1.94 bits per heavy atom. The number of nitrogens with one attached hydrogen (secondary N) is 4. The smallest absolute Gasteiger partial charge is 0.328 e. The number of aromatic nitrogens is 2. The summed E-state index contributed by atoms with van der Waals surface area (Å²) in [5.74, 6) is -1.90. The summed E-state index contributed by atoms with van der Waals surface area (Å²) in [4.78, 5) is 52.4. The van der Waals surface area contributed by atoms with E-state index in [0.717, 1.165) is 30.5 Å². The molecule has 3 rings (SSSR count). The topological polar surface area (TPSA) is 179 Å². The van der Waals surface area contributed by atoms with Gasteiger partial charge in [-0.3, -0.25) is 19.0 Å². The van der Waals surface area contributed by atoms with E-state index in [0.29, 0.717) is 25.2 Å². The molecule has 198 valence electrons. The van der Waals surface area contributed by atoms with Crippen LogP contribution in [0, 0.1) is 5.92 Å². The molecule has 1 unspecified atom stereocenters. The lowest BCUT2D eigenvalue weighted by atomic mass is 9.95. The predicted molar refractivity (Wildman–Crippen MR) is 135 cm³/mol. The van der Waals surface area contributed by atoms with Crippen LogP contribution in [0.1, 0.15) is 49.4 Å². The number of benzene rings is 1. The fourth-order valence-electron chi connectivity index (χ4n) is 4.16. The SMILES string of the molecule is CCCCS(=O)(=O)NC(CNC(=O)c1ccc2[nH]c(=O)n(CCC3CCNCC3)c(=O)c2c1)C(=O)O. The van der Waals surface area contributed by atoms with Crippen molar-refractivity contribution in [2.24, 2.45) is 5.92 Å². The van der Waals surface area contributed by atoms with Crippen molar-refractivity contribution >= 4 is 32.8 Å². The van der Waals surface area contributed by atoms with Crippen molar-refractivity contribution in [3.63, 3.8) is 0 Å². The van der Waals surface area contributed by atoms with Crippen LogP contribution in [0.2, 0.25) is 0 Å². The van der Waals surface area contributed by atoms with Gasteiger partial charge < -0.3 is 20.7 Å². The second kappa shape index (κ2) is 12.3. The van der Waals surface area contributed by atoms with E-state index in [4.69, 9.17) is 0 Å². The number of aliphatic carboxylic acids is 1. The molecule has 13 heteroatoms. The lowest BCUT2D eigenvalue weighted by Gasteiger charge is -2.22. The highest BCUT2D eigenvalue weighted by molar-refractivity contribution is 7.89. The largest absolute Gasteiger partial charge is 0.480 e. The molecule has 0 spiro atoms. The third kappa shape index (κ3) is 7.24. The number of piperidine rings is 1. The van der Waals surface area contributed by atoms with Crippen LogP contribution >= 0.6 is 0 Å². The number of amides is 1. The van der Waals surface area contributed by atoms with Gasteiger partial charge in [-0.2, -0.15) is 4.72 Å². The van der Waals surface area contributed by atoms with Gasteiger partial charge in [0.15, 0.2) is 0 Å². The first-order valence-electron chi connectivity index (χ1n) is 12.1. The van der Waals surface area contributed by atoms with E-state index in [1.165, 1.54) is 18.2 Å². The average Bonchev–Trinajstić information content (AvgIpc) is 2.85. The highest BCUT2D eigenvalue weighted by Crippen LogP contribution is 2.16. The Labute approximate surface area is 208 Å². The number of carbonyl (C=O) groups excluding carboxylic acids is 1. The molecule has 36 heavy (non-hydrogen) atoms. The molecule has 1 fully saturated rings. The summed E-state index contributed by atoms with van der Waals surface area (Å²) in [6, 6.07) is 2.63. The highest BCUT2D eigenvalue weighted by atomic mass is 32.2. The summed E-state index contributed by atoms with van der Waals surface area (Å²) in [6.45, 7) is 3.42. The van der Waals surface area contributed by atoms with Gasteiger partial charge in [0.1, 0.15) is 6.04 Å². The van der Waals surface area contributed by atoms with Crippen molar-refractivity contribution in [1.29, 1.82) is 0 Å². The molecule has 2 aromatic rings. The molecule has 1 aliphatic rings. The fraction of sp³-hybridized carbons (Fsp3) is 0.565. The molecular formula is C23H33N5O7S. The molecule has 1 aromatic heterocycles. The van der Waals surface area contributed by atoms with Crippen molar-refractivity contribution in [2.75, 3.05) is 25.4 Å². The van der Waals surface area contributed by atoms with E-state index in [1.54, 1.807) is 0 Å². The van der Waals surface area contributed by atoms with Crippen LogP contribution in [0.15, 0.2) is 27.8 Å². The lowest BCUT2D eigenvalue weighted by molar-refractivity contribution is -0.138. The zero-order valence-corrected chi connectivity index (χ0v) is 21.0. The Morgan fingerprint density at radius 1 is 1.22 bits per heavy atom. The maximum absolute atomic E-state index is 13.0. The van der Waals surface area contributed by atoms with Gasteiger partial charge in [-0.25, -0.2) is 13.2 Å². The number of carbonyl (C=O) groups is 2. The molecule has 0 bridgehead atoms. The normalized spacial score (nSPS) is 15.6. The van der Waals surface area contributed by atoms with Crippen LogP contribution in [0.4, 0.5) is 0 Å². The van der Waals surface area contributed by atoms with E-state index in [2.05, 4.69) is 20.3 Å². The molecular weight excluding hydrogens is 490 g/mol. The molecule has 1 amide bonds. The van der Waals surface area contributed by atoms with Gasteiger partial charge in [0.25, 0.3) is 11.5 Å². The molecule has 1 atom stereocenters. The second-order valence-corrected chi connectivity index (χ2v) is 10.9. The quantitative estimate of drug-likeness (QED) is 0.257. The number of nitrogens with zero attached hydrogens (tertiary/aromatic N) is 1. The number of hydrogen-bond donors (Lipinski definition) is 5. The highest BCUT2D eigenvalue weighted by Gasteiger charge is 2.24. The van der Waals surface area contributed by atoms with Gasteiger partial charge in [0.2, 0.25) is 10.0 Å². The zero-order valence-electron chi connectivity index (χ0n) is 20.2. The predicted octanol–water partition coefficient (Wildman–Crippen LogP) is -0.0180. The van der Waals surface area contributed by atoms with Gasteiger partial charge in [-0.05, 0) is 62.9 Å². The molecule has 2 heterocycles. The number of fused-ring (bicyclic) bond motifs is 1. The van der Waals surface area contributed by atoms with E-state index < -0.39 is 45.7 Å². The van der Waals surface area contributed by atoms with E-state index in [9.17, 15) is 32.7 Å². The van der Waals surface area contributed by atoms with Crippen LogP contribution in [0.25, 0.3) is 10.9 Å². The van der Waals surface area contributed by atoms with Crippen molar-refractivity contribution in [1.82, 2.24) is 24.9 Å². The first-order chi connectivity index (χ1) is 17.1. The number of carboxylic acids is 1. The maximum atomic E-state index is 13.0. The van der Waals surface area contributed by atoms with Crippen LogP contribution in [-0.2, 0) is 21.4 Å². The van der Waals surface area contributed by atoms with Crippen molar-refractivity contribution in [3.05, 3.63) is 44.6 Å². The van der Waals surface area contributed by atoms with Crippen molar-refractivity contribution < 1.29 is 23.1 Å². The molecule has 0 radical (unpaired) electrons. The summed E-state index contributed by atoms with van der Waals surface area (Å²) in [5.41, 5.74) is -0.663. The summed E-state index contributed by atoms with van der Waals surface area (Å²) in [5, 5.41) is 15.2. The summed E-state index contributed by atoms with van der Waals surface area (Å²) >= 11 is 0. The van der Waals surface area contributed by atoms with Gasteiger partial charge >= 0.3 is 11.7 Å². The second-order valence-electron chi connectivity index (χ2n) is 9.02. The van der Waals surface area contributed by atoms with Crippen molar-refractivity contribution in [2.45, 2.75) is 51.6 Å². The van der Waals surface area contributed by atoms with E-state index >= 15 is 0 Å². The Morgan fingerprint density at radius 3 is 2.61 bits per heavy atom. The summed E-state index contributed by atoms with van der Waals surface area (Å²) < 4.78 is 27.3. The number of H-pyrrole nitrogens is 1. The molecule has 12 nitrogen and oxygen atoms in total. The van der Waals surface area contributed by atoms with Gasteiger partial charge in [-0.15, -0.1) is 0 Å². The van der Waals surface area contributed by atoms with Crippen LogP contribution in [0.5, 0.6) is 0 Å². The molecule has 0 saturated carbocycles. The average molecular weight is 524 g/mol. The summed E-state index contributed by atoms with van der Waals surface area (Å²) in [6.07, 6.45) is 3.67. The van der Waals surface area contributed by atoms with Gasteiger partial charge in [-0.1, -0.05) is 13.3 Å². The fourth-order valence-corrected chi connectivity index (χ4v) is 5.57. The minimum absolute atomic E-state index is 0.0783. The summed E-state index contributed by atoms with van der Waals surface area (Å²) in [7, 11) is -3.82. The number of unbranched alkanes of at least 4 members (excludes halogenated alkanes) is 1. The Hall–Kier alpha value is -3.03. The van der Waals surface area contributed by atoms with Gasteiger partial charge in [0.05, 0.1) is 16.7 Å². The zero-order chi connectivity index (χ0) is 26.3. The molecule has 1 saturated heterocycles. The standard InChI is InChI=1S/C23H33N5O7S/c1-2-3-12-36(34,35)27-19(22(31)32)14-25-20(29)16-4-5-18-17(13-16)21(30)28(23(33)26-18)11-8-15-6-9-24-10-7-15/h4-5,13,15,19,24,27H,2-3,6-12,14H2,1H3,(H,25,29)(H,26,33)(H,31,32). The third-order valence-corrected chi connectivity index (χ3v) is 7.79. The third-order valence-electron chi connectivity index (χ3n) is 6.32. The van der Waals surface area contributed by atoms with E-state index in [-0.39, 0.29) is 28.8 Å². The lowest BCUT2D eigenvalue weighted by Crippen LogP contribution is -2.49. The van der Waals surface area contributed by atoms with Gasteiger partial charge in [0, 0.05) is 18.7 Å². The number of carboxylic acid groups (broad SMARTS) is 1. The molecule has 5 N–H and O–H groups in total. The first-order valence-corrected chi connectivity index (χ1v) is 13.7. The Kier molecular flexibility index (Phi) is 9.40. The minimum Gasteiger partial charge on any atom is -0.480 e. The van der Waals surface area contributed by atoms with Crippen LogP contribution in [0.3, 0.4) is 0 Å². The number of hydrogen-bond acceptors (Lipinski definition) is 7. The molecule has 1 aromatic carbocycles. The number of sulfonamides is 1. The molecule has 0 aliphatic carbocycles. The van der Waals surface area contributed by atoms with E-state index in [1.807, 2.05) is 6.92 Å². The van der Waals surface area contributed by atoms with Crippen molar-refractivity contribution in [3.8, 4) is 0 Å². The van der Waals surface area contributed by atoms with Crippen LogP contribution < -0.4 is 26.6 Å².